The maximum Gasteiger partial charge on any atom is -0.0346 e. The van der Waals surface area contributed by atoms with Crippen molar-refractivity contribution >= 4 is 9.24 Å². The third-order valence-corrected chi connectivity index (χ3v) is 1.62. The van der Waals surface area contributed by atoms with Crippen LogP contribution in [0.3, 0.4) is 0 Å². The zero-order valence-corrected chi connectivity index (χ0v) is 6.22. The monoisotopic (exact) mass is 116 g/mol. The third kappa shape index (κ3) is 2.82. The Bertz CT molecular complexity index is 58.6. The van der Waals surface area contributed by atoms with Crippen molar-refractivity contribution in [3.63, 3.8) is 0 Å². The SMILES string of the molecule is CCC(=CP)CC. The van der Waals surface area contributed by atoms with Gasteiger partial charge in [-0.3, -0.25) is 0 Å². The quantitative estimate of drug-likeness (QED) is 0.486. The smallest absolute Gasteiger partial charge is 0.0346 e. The summed E-state index contributed by atoms with van der Waals surface area (Å²) in [5.41, 5.74) is 1.52. The minimum Gasteiger partial charge on any atom is -0.114 e. The van der Waals surface area contributed by atoms with Crippen LogP contribution in [0.5, 0.6) is 0 Å². The van der Waals surface area contributed by atoms with Crippen LogP contribution in [0.2, 0.25) is 0 Å². The Morgan fingerprint density at radius 2 is 1.86 bits per heavy atom. The number of hydrogen-bond donors (Lipinski definition) is 0. The second-order valence-corrected chi connectivity index (χ2v) is 1.87. The second kappa shape index (κ2) is 4.33. The van der Waals surface area contributed by atoms with E-state index >= 15 is 0 Å². The summed E-state index contributed by atoms with van der Waals surface area (Å²) < 4.78 is 0. The van der Waals surface area contributed by atoms with Crippen LogP contribution in [0.4, 0.5) is 0 Å². The average molecular weight is 116 g/mol. The highest BCUT2D eigenvalue weighted by Gasteiger charge is 1.82. The predicted molar refractivity (Wildman–Crippen MR) is 38.4 cm³/mol. The fraction of sp³-hybridized carbons (Fsp3) is 0.667. The molecule has 0 aromatic heterocycles. The van der Waals surface area contributed by atoms with E-state index in [0.29, 0.717) is 0 Å². The summed E-state index contributed by atoms with van der Waals surface area (Å²) in [6.07, 6.45) is 2.39. The van der Waals surface area contributed by atoms with Gasteiger partial charge in [-0.25, -0.2) is 0 Å². The van der Waals surface area contributed by atoms with Crippen LogP contribution in [0, 0.1) is 0 Å². The first-order chi connectivity index (χ1) is 3.35. The maximum atomic E-state index is 2.62. The molecule has 0 aromatic carbocycles. The lowest BCUT2D eigenvalue weighted by Gasteiger charge is -1.93. The lowest BCUT2D eigenvalue weighted by Crippen LogP contribution is -1.71. The first-order valence-electron chi connectivity index (χ1n) is 2.74. The van der Waals surface area contributed by atoms with Crippen LogP contribution in [0.1, 0.15) is 26.7 Å². The molecule has 7 heavy (non-hydrogen) atoms. The van der Waals surface area contributed by atoms with Gasteiger partial charge < -0.3 is 0 Å². The van der Waals surface area contributed by atoms with Gasteiger partial charge in [0.25, 0.3) is 0 Å². The van der Waals surface area contributed by atoms with Crippen LogP contribution in [-0.2, 0) is 0 Å². The van der Waals surface area contributed by atoms with E-state index < -0.39 is 0 Å². The van der Waals surface area contributed by atoms with Crippen LogP contribution in [0.25, 0.3) is 0 Å². The van der Waals surface area contributed by atoms with Gasteiger partial charge in [0.05, 0.1) is 0 Å². The molecule has 42 valence electrons. The molecule has 0 radical (unpaired) electrons. The largest absolute Gasteiger partial charge is 0.114 e. The van der Waals surface area contributed by atoms with E-state index in [9.17, 15) is 0 Å². The van der Waals surface area contributed by atoms with Gasteiger partial charge in [0.15, 0.2) is 0 Å². The van der Waals surface area contributed by atoms with E-state index in [0.717, 1.165) is 0 Å². The van der Waals surface area contributed by atoms with Gasteiger partial charge in [0.2, 0.25) is 0 Å². The lowest BCUT2D eigenvalue weighted by atomic mass is 10.2. The minimum atomic E-state index is 1.19. The van der Waals surface area contributed by atoms with Crippen LogP contribution in [0.15, 0.2) is 11.4 Å². The van der Waals surface area contributed by atoms with Crippen LogP contribution < -0.4 is 0 Å². The highest BCUT2D eigenvalue weighted by molar-refractivity contribution is 7.20. The van der Waals surface area contributed by atoms with Crippen molar-refractivity contribution < 1.29 is 0 Å². The highest BCUT2D eigenvalue weighted by atomic mass is 31.0. The van der Waals surface area contributed by atoms with Crippen molar-refractivity contribution in [3.05, 3.63) is 11.4 Å². The van der Waals surface area contributed by atoms with Gasteiger partial charge in [-0.2, -0.15) is 0 Å². The van der Waals surface area contributed by atoms with Gasteiger partial charge in [-0.1, -0.05) is 25.2 Å². The Morgan fingerprint density at radius 3 is 1.86 bits per heavy atom. The Morgan fingerprint density at radius 1 is 1.43 bits per heavy atom. The molecule has 0 N–H and O–H groups in total. The van der Waals surface area contributed by atoms with E-state index in [2.05, 4.69) is 28.9 Å². The van der Waals surface area contributed by atoms with Crippen molar-refractivity contribution in [2.45, 2.75) is 26.7 Å². The van der Waals surface area contributed by atoms with E-state index in [4.69, 9.17) is 0 Å². The number of allylic oxidation sites excluding steroid dienone is 1. The molecule has 0 spiro atoms. The highest BCUT2D eigenvalue weighted by Crippen LogP contribution is 2.06. The van der Waals surface area contributed by atoms with Gasteiger partial charge in [0.1, 0.15) is 0 Å². The molecule has 0 fully saturated rings. The second-order valence-electron chi connectivity index (χ2n) is 1.53. The summed E-state index contributed by atoms with van der Waals surface area (Å²) >= 11 is 0. The number of hydrogen-bond acceptors (Lipinski definition) is 0. The van der Waals surface area contributed by atoms with Crippen LogP contribution in [-0.4, -0.2) is 0 Å². The summed E-state index contributed by atoms with van der Waals surface area (Å²) in [5, 5.41) is 0. The summed E-state index contributed by atoms with van der Waals surface area (Å²) in [6.45, 7) is 4.36. The van der Waals surface area contributed by atoms with Crippen molar-refractivity contribution in [2.75, 3.05) is 0 Å². The molecule has 0 saturated carbocycles. The molecule has 0 rings (SSSR count). The molecule has 1 heteroatoms. The molecular weight excluding hydrogens is 103 g/mol. The van der Waals surface area contributed by atoms with E-state index in [-0.39, 0.29) is 0 Å². The Hall–Kier alpha value is 0.170. The van der Waals surface area contributed by atoms with E-state index in [1.165, 1.54) is 18.4 Å². The summed E-state index contributed by atoms with van der Waals surface area (Å²) in [4.78, 5) is 0. The Kier molecular flexibility index (Phi) is 4.44. The van der Waals surface area contributed by atoms with Crippen molar-refractivity contribution in [1.29, 1.82) is 0 Å². The molecule has 0 nitrogen and oxygen atoms in total. The van der Waals surface area contributed by atoms with E-state index in [1.807, 2.05) is 0 Å². The molecule has 0 aromatic rings. The fourth-order valence-corrected chi connectivity index (χ4v) is 0.957. The standard InChI is InChI=1S/C6H13P/c1-3-6(4-2)5-7/h5H,3-4,7H2,1-2H3. The van der Waals surface area contributed by atoms with Gasteiger partial charge >= 0.3 is 0 Å². The summed E-state index contributed by atoms with van der Waals surface area (Å²) in [5.74, 6) is 2.11. The first kappa shape index (κ1) is 7.17. The fourth-order valence-electron chi connectivity index (χ4n) is 0.486. The van der Waals surface area contributed by atoms with Crippen molar-refractivity contribution in [3.8, 4) is 0 Å². The minimum absolute atomic E-state index is 1.19. The average Bonchev–Trinajstić information content (AvgIpc) is 1.72. The molecule has 1 atom stereocenters. The van der Waals surface area contributed by atoms with E-state index in [1.54, 1.807) is 0 Å². The maximum absolute atomic E-state index is 2.62. The van der Waals surface area contributed by atoms with Crippen LogP contribution >= 0.6 is 9.24 Å². The molecule has 0 heterocycles. The molecule has 0 aliphatic carbocycles. The third-order valence-electron chi connectivity index (χ3n) is 1.14. The Labute approximate surface area is 48.2 Å². The summed E-state index contributed by atoms with van der Waals surface area (Å²) in [7, 11) is 2.62. The molecule has 0 bridgehead atoms. The van der Waals surface area contributed by atoms with Crippen molar-refractivity contribution in [1.82, 2.24) is 0 Å². The molecule has 0 aliphatic heterocycles. The normalized spacial score (nSPS) is 8.43. The van der Waals surface area contributed by atoms with Crippen molar-refractivity contribution in [2.24, 2.45) is 0 Å². The summed E-state index contributed by atoms with van der Waals surface area (Å²) in [6, 6.07) is 0. The topological polar surface area (TPSA) is 0 Å². The molecule has 0 saturated heterocycles. The van der Waals surface area contributed by atoms with Gasteiger partial charge in [0, 0.05) is 0 Å². The predicted octanol–water partition coefficient (Wildman–Crippen LogP) is 2.57. The molecule has 1 unspecified atom stereocenters. The molecule has 0 aliphatic rings. The Balaban J connectivity index is 3.38. The van der Waals surface area contributed by atoms with Gasteiger partial charge in [-0.15, -0.1) is 9.24 Å². The number of rotatable bonds is 2. The first-order valence-corrected chi connectivity index (χ1v) is 3.41. The lowest BCUT2D eigenvalue weighted by molar-refractivity contribution is 0.983. The van der Waals surface area contributed by atoms with Gasteiger partial charge in [-0.05, 0) is 12.8 Å². The zero-order chi connectivity index (χ0) is 5.70. The molecule has 0 amide bonds. The zero-order valence-electron chi connectivity index (χ0n) is 5.07. The molecular formula is C6H13P.